The van der Waals surface area contributed by atoms with Crippen molar-refractivity contribution in [3.63, 3.8) is 0 Å². The fourth-order valence-electron chi connectivity index (χ4n) is 2.81. The molecule has 0 aliphatic carbocycles. The fourth-order valence-corrected chi connectivity index (χ4v) is 3.06. The maximum atomic E-state index is 13.0. The van der Waals surface area contributed by atoms with Gasteiger partial charge in [-0.15, -0.1) is 0 Å². The molecule has 0 aromatic heterocycles. The normalized spacial score (nSPS) is 11.6. The molecule has 0 saturated heterocycles. The molecule has 3 aromatic carbocycles. The smallest absolute Gasteiger partial charge is 0.326 e. The van der Waals surface area contributed by atoms with Crippen LogP contribution in [-0.2, 0) is 4.79 Å². The van der Waals surface area contributed by atoms with E-state index < -0.39 is 12.0 Å². The fraction of sp³-hybridized carbons (Fsp3) is 0.0909. The van der Waals surface area contributed by atoms with E-state index in [1.807, 2.05) is 54.6 Å². The first-order chi connectivity index (χ1) is 13.1. The van der Waals surface area contributed by atoms with Gasteiger partial charge in [-0.25, -0.2) is 4.79 Å². The zero-order valence-electron chi connectivity index (χ0n) is 14.5. The summed E-state index contributed by atoms with van der Waals surface area (Å²) in [6.07, 6.45) is 0. The minimum Gasteiger partial charge on any atom is -0.480 e. The summed E-state index contributed by atoms with van der Waals surface area (Å²) in [4.78, 5) is 24.1. The molecule has 0 saturated carbocycles. The van der Waals surface area contributed by atoms with Crippen molar-refractivity contribution in [3.8, 4) is 11.1 Å². The molecule has 0 spiro atoms. The Hall–Kier alpha value is -3.05. The van der Waals surface area contributed by atoms with Gasteiger partial charge in [-0.3, -0.25) is 4.79 Å². The van der Waals surface area contributed by atoms with E-state index in [2.05, 4.69) is 17.9 Å². The maximum Gasteiger partial charge on any atom is 0.326 e. The SMILES string of the molecule is O=C(c1ccc(NC(CS)C(=O)O)cc1)c1ccccc1-c1ccccc1. The van der Waals surface area contributed by atoms with Crippen molar-refractivity contribution in [3.05, 3.63) is 90.0 Å². The number of anilines is 1. The zero-order chi connectivity index (χ0) is 19.2. The highest BCUT2D eigenvalue weighted by molar-refractivity contribution is 7.80. The van der Waals surface area contributed by atoms with Crippen LogP contribution in [0.15, 0.2) is 78.9 Å². The molecule has 136 valence electrons. The van der Waals surface area contributed by atoms with Crippen molar-refractivity contribution in [1.29, 1.82) is 0 Å². The molecule has 1 unspecified atom stereocenters. The van der Waals surface area contributed by atoms with Crippen molar-refractivity contribution in [2.45, 2.75) is 6.04 Å². The lowest BCUT2D eigenvalue weighted by Crippen LogP contribution is -2.30. The number of rotatable bonds is 7. The minimum absolute atomic E-state index is 0.0787. The van der Waals surface area contributed by atoms with E-state index in [0.717, 1.165) is 11.1 Å². The molecule has 0 aliphatic heterocycles. The van der Waals surface area contributed by atoms with Gasteiger partial charge in [0.15, 0.2) is 5.78 Å². The third-order valence-electron chi connectivity index (χ3n) is 4.23. The summed E-state index contributed by atoms with van der Waals surface area (Å²) < 4.78 is 0. The van der Waals surface area contributed by atoms with E-state index in [0.29, 0.717) is 16.8 Å². The Kier molecular flexibility index (Phi) is 5.94. The zero-order valence-corrected chi connectivity index (χ0v) is 15.4. The second kappa shape index (κ2) is 8.56. The van der Waals surface area contributed by atoms with Gasteiger partial charge in [-0.1, -0.05) is 54.6 Å². The van der Waals surface area contributed by atoms with Gasteiger partial charge in [0.2, 0.25) is 0 Å². The number of carbonyl (C=O) groups is 2. The van der Waals surface area contributed by atoms with Crippen LogP contribution in [0.2, 0.25) is 0 Å². The number of carboxylic acids is 1. The number of hydrogen-bond donors (Lipinski definition) is 3. The van der Waals surface area contributed by atoms with Gasteiger partial charge in [0.05, 0.1) is 0 Å². The number of carbonyl (C=O) groups excluding carboxylic acids is 1. The molecule has 0 radical (unpaired) electrons. The van der Waals surface area contributed by atoms with Gasteiger partial charge in [0.1, 0.15) is 6.04 Å². The first kappa shape index (κ1) is 18.7. The van der Waals surface area contributed by atoms with E-state index in [4.69, 9.17) is 5.11 Å². The maximum absolute atomic E-state index is 13.0. The predicted molar refractivity (Wildman–Crippen MR) is 111 cm³/mol. The third-order valence-corrected chi connectivity index (χ3v) is 4.59. The summed E-state index contributed by atoms with van der Waals surface area (Å²) in [5.74, 6) is -0.882. The third kappa shape index (κ3) is 4.38. The van der Waals surface area contributed by atoms with Crippen molar-refractivity contribution in [2.75, 3.05) is 11.1 Å². The first-order valence-electron chi connectivity index (χ1n) is 8.49. The van der Waals surface area contributed by atoms with E-state index in [9.17, 15) is 9.59 Å². The monoisotopic (exact) mass is 377 g/mol. The van der Waals surface area contributed by atoms with Crippen LogP contribution < -0.4 is 5.32 Å². The van der Waals surface area contributed by atoms with Crippen molar-refractivity contribution in [2.24, 2.45) is 0 Å². The molecule has 5 heteroatoms. The summed E-state index contributed by atoms with van der Waals surface area (Å²) >= 11 is 4.03. The largest absolute Gasteiger partial charge is 0.480 e. The summed E-state index contributed by atoms with van der Waals surface area (Å²) in [6, 6.07) is 23.3. The van der Waals surface area contributed by atoms with Gasteiger partial charge < -0.3 is 10.4 Å². The number of ketones is 1. The molecular formula is C22H19NO3S. The average Bonchev–Trinajstić information content (AvgIpc) is 2.72. The Morgan fingerprint density at radius 1 is 0.889 bits per heavy atom. The number of nitrogens with one attached hydrogen (secondary N) is 1. The summed E-state index contributed by atoms with van der Waals surface area (Å²) in [7, 11) is 0. The number of aliphatic carboxylic acids is 1. The average molecular weight is 377 g/mol. The molecular weight excluding hydrogens is 358 g/mol. The van der Waals surface area contributed by atoms with Gasteiger partial charge in [-0.2, -0.15) is 12.6 Å². The molecule has 0 amide bonds. The lowest BCUT2D eigenvalue weighted by molar-refractivity contribution is -0.137. The Balaban J connectivity index is 1.86. The van der Waals surface area contributed by atoms with Crippen LogP contribution in [0.25, 0.3) is 11.1 Å². The van der Waals surface area contributed by atoms with E-state index in [1.54, 1.807) is 24.3 Å². The molecule has 4 nitrogen and oxygen atoms in total. The second-order valence-electron chi connectivity index (χ2n) is 6.04. The van der Waals surface area contributed by atoms with Gasteiger partial charge >= 0.3 is 5.97 Å². The molecule has 27 heavy (non-hydrogen) atoms. The van der Waals surface area contributed by atoms with Crippen molar-refractivity contribution in [1.82, 2.24) is 0 Å². The van der Waals surface area contributed by atoms with Gasteiger partial charge in [0.25, 0.3) is 0 Å². The van der Waals surface area contributed by atoms with E-state index >= 15 is 0 Å². The number of hydrogen-bond acceptors (Lipinski definition) is 4. The van der Waals surface area contributed by atoms with E-state index in [-0.39, 0.29) is 11.5 Å². The summed E-state index contributed by atoms with van der Waals surface area (Å²) in [5, 5.41) is 12.0. The Bertz CT molecular complexity index is 939. The molecule has 0 bridgehead atoms. The van der Waals surface area contributed by atoms with Gasteiger partial charge in [-0.05, 0) is 35.4 Å². The lowest BCUT2D eigenvalue weighted by atomic mass is 9.94. The lowest BCUT2D eigenvalue weighted by Gasteiger charge is -2.14. The van der Waals surface area contributed by atoms with Crippen LogP contribution in [-0.4, -0.2) is 28.7 Å². The molecule has 3 rings (SSSR count). The predicted octanol–water partition coefficient (Wildman–Crippen LogP) is 4.38. The standard InChI is InChI=1S/C22H19NO3S/c24-21(16-10-12-17(13-11-16)23-20(14-27)22(25)26)19-9-5-4-8-18(19)15-6-2-1-3-7-15/h1-13,20,23,27H,14H2,(H,25,26). The van der Waals surface area contributed by atoms with Crippen LogP contribution in [0.4, 0.5) is 5.69 Å². The van der Waals surface area contributed by atoms with Crippen LogP contribution in [0.1, 0.15) is 15.9 Å². The molecule has 0 fully saturated rings. The molecule has 0 heterocycles. The topological polar surface area (TPSA) is 66.4 Å². The highest BCUT2D eigenvalue weighted by atomic mass is 32.1. The first-order valence-corrected chi connectivity index (χ1v) is 9.13. The summed E-state index contributed by atoms with van der Waals surface area (Å²) in [5.41, 5.74) is 3.67. The number of benzene rings is 3. The quantitative estimate of drug-likeness (QED) is 0.422. The van der Waals surface area contributed by atoms with Crippen molar-refractivity contribution >= 4 is 30.1 Å². The van der Waals surface area contributed by atoms with Gasteiger partial charge in [0, 0.05) is 22.6 Å². The molecule has 3 aromatic rings. The summed E-state index contributed by atoms with van der Waals surface area (Å²) in [6.45, 7) is 0. The Morgan fingerprint density at radius 3 is 2.15 bits per heavy atom. The Morgan fingerprint density at radius 2 is 1.52 bits per heavy atom. The van der Waals surface area contributed by atoms with Crippen molar-refractivity contribution < 1.29 is 14.7 Å². The second-order valence-corrected chi connectivity index (χ2v) is 6.40. The minimum atomic E-state index is -0.970. The highest BCUT2D eigenvalue weighted by Gasteiger charge is 2.17. The number of carboxylic acid groups (broad SMARTS) is 1. The van der Waals surface area contributed by atoms with Crippen LogP contribution in [0, 0.1) is 0 Å². The van der Waals surface area contributed by atoms with Crippen LogP contribution in [0.3, 0.4) is 0 Å². The number of thiol groups is 1. The molecule has 2 N–H and O–H groups in total. The highest BCUT2D eigenvalue weighted by Crippen LogP contribution is 2.26. The van der Waals surface area contributed by atoms with E-state index in [1.165, 1.54) is 0 Å². The van der Waals surface area contributed by atoms with Crippen LogP contribution in [0.5, 0.6) is 0 Å². The molecule has 1 atom stereocenters. The van der Waals surface area contributed by atoms with Crippen LogP contribution >= 0.6 is 12.6 Å². The Labute approximate surface area is 163 Å². The molecule has 0 aliphatic rings.